The Morgan fingerprint density at radius 1 is 0.885 bits per heavy atom. The van der Waals surface area contributed by atoms with Crippen LogP contribution in [0.25, 0.3) is 0 Å². The van der Waals surface area contributed by atoms with Crippen LogP contribution in [0.5, 0.6) is 0 Å². The fourth-order valence-electron chi connectivity index (χ4n) is 3.23. The van der Waals surface area contributed by atoms with Gasteiger partial charge in [0.1, 0.15) is 0 Å². The molecule has 0 aromatic heterocycles. The second-order valence-electron chi connectivity index (χ2n) is 6.66. The summed E-state index contributed by atoms with van der Waals surface area (Å²) < 4.78 is 18.2. The van der Waals surface area contributed by atoms with Crippen LogP contribution in [0.15, 0.2) is 60.7 Å². The monoisotopic (exact) mass is 431 g/mol. The Kier molecular flexibility index (Phi) is 8.12. The second-order valence-corrected chi connectivity index (χ2v) is 9.46. The third-order valence-electron chi connectivity index (χ3n) is 4.75. The number of aliphatic hydroxyl groups is 1. The molecule has 136 valence electrons. The van der Waals surface area contributed by atoms with E-state index in [0.29, 0.717) is 13.2 Å². The Hall–Kier alpha value is -0.279. The van der Waals surface area contributed by atoms with Gasteiger partial charge in [-0.15, -0.1) is 0 Å². The summed E-state index contributed by atoms with van der Waals surface area (Å²) in [7, 11) is 0. The molecule has 1 saturated heterocycles. The summed E-state index contributed by atoms with van der Waals surface area (Å²) in [5.41, 5.74) is 8.56. The maximum absolute atomic E-state index is 9.79. The standard InChI is InChI=1S/C20H24NO4.Sr.H/c21-17-14-23-18(11-22)20(25-13-16-9-5-2-6-10-16)19(17)24-12-15-7-3-1-4-8-15;;/h1-10,14,17-20,22H,11-13,21H2;;/t17?,18?,19-,20+;;/m0../s1. The number of rotatable bonds is 7. The zero-order valence-electron chi connectivity index (χ0n) is 15.0. The van der Waals surface area contributed by atoms with Crippen molar-refractivity contribution in [3.63, 3.8) is 0 Å². The van der Waals surface area contributed by atoms with Gasteiger partial charge in [0.25, 0.3) is 0 Å². The van der Waals surface area contributed by atoms with Crippen molar-refractivity contribution in [1.29, 1.82) is 0 Å². The number of hydrogen-bond acceptors (Lipinski definition) is 5. The van der Waals surface area contributed by atoms with Gasteiger partial charge >= 0.3 is 185 Å². The number of ether oxygens (including phenoxy) is 3. The minimum atomic E-state index is -0.411. The van der Waals surface area contributed by atoms with Crippen molar-refractivity contribution < 1.29 is 19.3 Å². The molecule has 0 radical (unpaired) electrons. The first-order chi connectivity index (χ1) is 12.7. The van der Waals surface area contributed by atoms with Gasteiger partial charge in [-0.05, 0) is 0 Å². The molecule has 0 amide bonds. The molecule has 2 aromatic rings. The Bertz CT molecular complexity index is 614. The van der Waals surface area contributed by atoms with Gasteiger partial charge in [-0.3, -0.25) is 0 Å². The van der Waals surface area contributed by atoms with Crippen LogP contribution >= 0.6 is 0 Å². The first-order valence-electron chi connectivity index (χ1n) is 9.02. The van der Waals surface area contributed by atoms with Gasteiger partial charge in [0, 0.05) is 0 Å². The number of benzene rings is 2. The van der Waals surface area contributed by atoms with Gasteiger partial charge in [-0.25, -0.2) is 0 Å². The molecule has 1 aliphatic heterocycles. The molecule has 1 heterocycles. The predicted molar refractivity (Wildman–Crippen MR) is 101 cm³/mol. The number of aliphatic hydroxyl groups excluding tert-OH is 1. The van der Waals surface area contributed by atoms with E-state index < -0.39 is 12.2 Å². The van der Waals surface area contributed by atoms with Crippen LogP contribution in [0.3, 0.4) is 0 Å². The summed E-state index contributed by atoms with van der Waals surface area (Å²) >= 11 is 0.190. The first kappa shape index (κ1) is 20.5. The van der Waals surface area contributed by atoms with Gasteiger partial charge in [-0.2, -0.15) is 0 Å². The molecule has 0 spiro atoms. The van der Waals surface area contributed by atoms with E-state index in [1.807, 2.05) is 60.7 Å². The molecule has 3 rings (SSSR count). The van der Waals surface area contributed by atoms with E-state index in [4.69, 9.17) is 19.9 Å². The summed E-state index contributed by atoms with van der Waals surface area (Å²) in [6.45, 7) is 0.791. The summed E-state index contributed by atoms with van der Waals surface area (Å²) in [6, 6.07) is 19.7. The third-order valence-corrected chi connectivity index (χ3v) is 7.31. The molecule has 6 heteroatoms. The number of nitrogens with two attached hydrogens (primary N) is 1. The van der Waals surface area contributed by atoms with Gasteiger partial charge in [0.2, 0.25) is 0 Å². The summed E-state index contributed by atoms with van der Waals surface area (Å²) in [6.07, 6.45) is -1.12. The van der Waals surface area contributed by atoms with E-state index in [1.165, 1.54) is 0 Å². The predicted octanol–water partition coefficient (Wildman–Crippen LogP) is 1.10. The Morgan fingerprint density at radius 3 is 1.88 bits per heavy atom. The van der Waals surface area contributed by atoms with E-state index >= 15 is 0 Å². The average molecular weight is 431 g/mol. The molecule has 0 bridgehead atoms. The van der Waals surface area contributed by atoms with Gasteiger partial charge in [0.05, 0.1) is 0 Å². The Morgan fingerprint density at radius 2 is 1.38 bits per heavy atom. The molecule has 26 heavy (non-hydrogen) atoms. The first-order valence-corrected chi connectivity index (χ1v) is 11.9. The van der Waals surface area contributed by atoms with Crippen LogP contribution in [0, 0.1) is 0 Å². The van der Waals surface area contributed by atoms with Gasteiger partial charge in [-0.1, -0.05) is 0 Å². The normalized spacial score (nSPS) is 28.7. The fourth-order valence-corrected chi connectivity index (χ4v) is 5.02. The van der Waals surface area contributed by atoms with Crippen molar-refractivity contribution in [2.45, 2.75) is 38.6 Å². The third kappa shape index (κ3) is 5.38. The molecule has 2 aromatic carbocycles. The van der Waals surface area contributed by atoms with E-state index in [9.17, 15) is 5.11 Å². The quantitative estimate of drug-likeness (QED) is 0.643. The van der Waals surface area contributed by atoms with Crippen LogP contribution in [0.1, 0.15) is 11.1 Å². The molecule has 2 unspecified atom stereocenters. The van der Waals surface area contributed by atoms with E-state index in [0.717, 1.165) is 11.1 Å². The average Bonchev–Trinajstić information content (AvgIpc) is 2.69. The Labute approximate surface area is 184 Å². The molecule has 1 aliphatic rings. The van der Waals surface area contributed by atoms with E-state index in [1.54, 1.807) is 0 Å². The number of hydrogen-bond donors (Lipinski definition) is 2. The molecule has 0 aliphatic carbocycles. The minimum absolute atomic E-state index is 0.00806. The van der Waals surface area contributed by atoms with Crippen molar-refractivity contribution in [1.82, 2.24) is 0 Å². The second kappa shape index (κ2) is 10.3. The molecule has 1 fully saturated rings. The van der Waals surface area contributed by atoms with E-state index in [2.05, 4.69) is 0 Å². The van der Waals surface area contributed by atoms with Crippen LogP contribution in [0.4, 0.5) is 0 Å². The van der Waals surface area contributed by atoms with Crippen LogP contribution in [-0.4, -0.2) is 80.4 Å². The maximum atomic E-state index is 9.79. The molecule has 5 atom stereocenters. The molecule has 0 saturated carbocycles. The SMILES string of the molecule is NC1[C@H]([SrH])OC(CO)[C@@H](OCc2ccccc2)[C@H]1OCc1ccccc1. The molecule has 3 N–H and O–H groups in total. The zero-order chi connectivity index (χ0) is 18.4. The van der Waals surface area contributed by atoms with Crippen LogP contribution in [-0.2, 0) is 27.4 Å². The fraction of sp³-hybridized carbons (Fsp3) is 0.400. The van der Waals surface area contributed by atoms with Crippen LogP contribution in [0.2, 0.25) is 0 Å². The van der Waals surface area contributed by atoms with E-state index in [-0.39, 0.29) is 63.1 Å². The van der Waals surface area contributed by atoms with Crippen molar-refractivity contribution in [3.8, 4) is 0 Å². The zero-order valence-corrected chi connectivity index (χ0v) is 19.9. The van der Waals surface area contributed by atoms with Gasteiger partial charge in [0.15, 0.2) is 0 Å². The van der Waals surface area contributed by atoms with Crippen molar-refractivity contribution >= 4 is 43.3 Å². The topological polar surface area (TPSA) is 73.9 Å². The summed E-state index contributed by atoms with van der Waals surface area (Å²) in [4.78, 5) is 0. The summed E-state index contributed by atoms with van der Waals surface area (Å²) in [5.74, 6) is 0. The summed E-state index contributed by atoms with van der Waals surface area (Å²) in [5, 5.41) is 9.79. The van der Waals surface area contributed by atoms with Crippen molar-refractivity contribution in [3.05, 3.63) is 71.8 Å². The van der Waals surface area contributed by atoms with Crippen LogP contribution < -0.4 is 5.73 Å². The Balaban J connectivity index is 1.71. The molecule has 5 nitrogen and oxygen atoms in total. The molecular weight excluding hydrogens is 406 g/mol. The van der Waals surface area contributed by atoms with Gasteiger partial charge < -0.3 is 0 Å². The van der Waals surface area contributed by atoms with Crippen molar-refractivity contribution in [2.24, 2.45) is 5.73 Å². The molecular formula is C20H25NO4Sr. The van der Waals surface area contributed by atoms with Crippen molar-refractivity contribution in [2.75, 3.05) is 6.61 Å².